The van der Waals surface area contributed by atoms with Gasteiger partial charge in [-0.2, -0.15) is 5.10 Å². The maximum Gasteiger partial charge on any atom is 0.272 e. The minimum Gasteiger partial charge on any atom is -0.335 e. The molecule has 0 aliphatic carbocycles. The van der Waals surface area contributed by atoms with Crippen LogP contribution >= 0.6 is 0 Å². The minimum atomic E-state index is 0.0166. The molecular formula is C18H19N5O. The molecule has 24 heavy (non-hydrogen) atoms. The van der Waals surface area contributed by atoms with Gasteiger partial charge < -0.3 is 4.90 Å². The normalized spacial score (nSPS) is 15.8. The van der Waals surface area contributed by atoms with Crippen LogP contribution in [0.1, 0.15) is 16.2 Å². The lowest BCUT2D eigenvalue weighted by atomic mass is 10.2. The van der Waals surface area contributed by atoms with Crippen LogP contribution in [-0.4, -0.2) is 56.5 Å². The molecule has 3 aromatic rings. The van der Waals surface area contributed by atoms with Gasteiger partial charge in [-0.15, -0.1) is 0 Å². The molecule has 0 unspecified atom stereocenters. The second kappa shape index (κ2) is 6.41. The van der Waals surface area contributed by atoms with Gasteiger partial charge in [0.15, 0.2) is 0 Å². The van der Waals surface area contributed by atoms with Crippen molar-refractivity contribution in [2.75, 3.05) is 26.2 Å². The number of rotatable bonds is 3. The number of amides is 1. The van der Waals surface area contributed by atoms with Crippen molar-refractivity contribution in [1.82, 2.24) is 24.4 Å². The van der Waals surface area contributed by atoms with Gasteiger partial charge in [-0.1, -0.05) is 12.1 Å². The van der Waals surface area contributed by atoms with Crippen LogP contribution < -0.4 is 0 Å². The van der Waals surface area contributed by atoms with Gasteiger partial charge >= 0.3 is 0 Å². The molecule has 122 valence electrons. The summed E-state index contributed by atoms with van der Waals surface area (Å²) in [5.41, 5.74) is 2.69. The van der Waals surface area contributed by atoms with Crippen molar-refractivity contribution >= 4 is 11.4 Å². The van der Waals surface area contributed by atoms with Crippen LogP contribution in [0.3, 0.4) is 0 Å². The van der Waals surface area contributed by atoms with Gasteiger partial charge in [0.2, 0.25) is 0 Å². The van der Waals surface area contributed by atoms with Crippen molar-refractivity contribution in [3.63, 3.8) is 0 Å². The summed E-state index contributed by atoms with van der Waals surface area (Å²) in [5.74, 6) is 0.0166. The Labute approximate surface area is 140 Å². The molecule has 0 N–H and O–H groups in total. The summed E-state index contributed by atoms with van der Waals surface area (Å²) in [4.78, 5) is 20.8. The number of carbonyl (C=O) groups excluding carboxylic acids is 1. The van der Waals surface area contributed by atoms with Crippen LogP contribution in [0.4, 0.5) is 0 Å². The quantitative estimate of drug-likeness (QED) is 0.737. The standard InChI is InChI=1S/C18H19N5O/c24-18(17-6-1-3-7-19-17)22-11-9-21(10-12-22)14-15-13-16-5-2-4-8-23(16)20-15/h1-8,13H,9-12,14H2. The zero-order valence-corrected chi connectivity index (χ0v) is 13.4. The number of hydrogen-bond donors (Lipinski definition) is 0. The minimum absolute atomic E-state index is 0.0166. The van der Waals surface area contributed by atoms with Crippen molar-refractivity contribution in [3.05, 3.63) is 66.2 Å². The highest BCUT2D eigenvalue weighted by Gasteiger charge is 2.23. The Balaban J connectivity index is 1.37. The van der Waals surface area contributed by atoms with Gasteiger partial charge in [-0.05, 0) is 30.3 Å². The number of carbonyl (C=O) groups is 1. The number of fused-ring (bicyclic) bond motifs is 1. The molecule has 3 aromatic heterocycles. The molecular weight excluding hydrogens is 302 g/mol. The molecule has 1 aliphatic heterocycles. The lowest BCUT2D eigenvalue weighted by Gasteiger charge is -2.34. The average Bonchev–Trinajstić information content (AvgIpc) is 3.05. The summed E-state index contributed by atoms with van der Waals surface area (Å²) in [5, 5.41) is 4.59. The van der Waals surface area contributed by atoms with E-state index in [2.05, 4.69) is 27.1 Å². The zero-order chi connectivity index (χ0) is 16.4. The molecule has 4 rings (SSSR count). The first-order chi connectivity index (χ1) is 11.8. The Hall–Kier alpha value is -2.73. The third kappa shape index (κ3) is 3.00. The maximum atomic E-state index is 12.4. The number of piperazine rings is 1. The van der Waals surface area contributed by atoms with Gasteiger partial charge in [-0.3, -0.25) is 14.7 Å². The van der Waals surface area contributed by atoms with E-state index in [1.807, 2.05) is 39.9 Å². The molecule has 1 aliphatic rings. The third-order valence-corrected chi connectivity index (χ3v) is 4.35. The van der Waals surface area contributed by atoms with Crippen molar-refractivity contribution in [2.45, 2.75) is 6.54 Å². The van der Waals surface area contributed by atoms with Crippen molar-refractivity contribution in [2.24, 2.45) is 0 Å². The highest BCUT2D eigenvalue weighted by molar-refractivity contribution is 5.92. The Morgan fingerprint density at radius 2 is 1.88 bits per heavy atom. The van der Waals surface area contributed by atoms with Gasteiger partial charge in [0.1, 0.15) is 5.69 Å². The van der Waals surface area contributed by atoms with Crippen LogP contribution in [-0.2, 0) is 6.54 Å². The first-order valence-electron chi connectivity index (χ1n) is 8.15. The van der Waals surface area contributed by atoms with E-state index in [1.165, 1.54) is 0 Å². The molecule has 1 fully saturated rings. The molecule has 1 amide bonds. The SMILES string of the molecule is O=C(c1ccccn1)N1CCN(Cc2cc3ccccn3n2)CC1. The van der Waals surface area contributed by atoms with E-state index in [-0.39, 0.29) is 5.91 Å². The number of pyridine rings is 2. The van der Waals surface area contributed by atoms with Crippen LogP contribution in [0.2, 0.25) is 0 Å². The number of hydrogen-bond acceptors (Lipinski definition) is 4. The molecule has 6 nitrogen and oxygen atoms in total. The topological polar surface area (TPSA) is 53.7 Å². The molecule has 0 atom stereocenters. The van der Waals surface area contributed by atoms with Crippen molar-refractivity contribution in [3.8, 4) is 0 Å². The van der Waals surface area contributed by atoms with Crippen LogP contribution in [0.5, 0.6) is 0 Å². The lowest BCUT2D eigenvalue weighted by molar-refractivity contribution is 0.0621. The highest BCUT2D eigenvalue weighted by atomic mass is 16.2. The van der Waals surface area contributed by atoms with Gasteiger partial charge in [0.25, 0.3) is 5.91 Å². The van der Waals surface area contributed by atoms with E-state index in [0.29, 0.717) is 5.69 Å². The Kier molecular flexibility index (Phi) is 3.96. The van der Waals surface area contributed by atoms with E-state index < -0.39 is 0 Å². The second-order valence-corrected chi connectivity index (χ2v) is 5.99. The van der Waals surface area contributed by atoms with Gasteiger partial charge in [0, 0.05) is 45.1 Å². The van der Waals surface area contributed by atoms with Crippen LogP contribution in [0.25, 0.3) is 5.52 Å². The predicted octanol–water partition coefficient (Wildman–Crippen LogP) is 1.69. The molecule has 0 saturated carbocycles. The third-order valence-electron chi connectivity index (χ3n) is 4.35. The fourth-order valence-corrected chi connectivity index (χ4v) is 3.06. The summed E-state index contributed by atoms with van der Waals surface area (Å²) >= 11 is 0. The van der Waals surface area contributed by atoms with E-state index in [0.717, 1.165) is 43.9 Å². The Morgan fingerprint density at radius 1 is 1.04 bits per heavy atom. The molecule has 0 radical (unpaired) electrons. The van der Waals surface area contributed by atoms with Crippen LogP contribution in [0.15, 0.2) is 54.9 Å². The first-order valence-corrected chi connectivity index (χ1v) is 8.15. The zero-order valence-electron chi connectivity index (χ0n) is 13.4. The van der Waals surface area contributed by atoms with E-state index in [1.54, 1.807) is 12.3 Å². The van der Waals surface area contributed by atoms with E-state index in [9.17, 15) is 4.79 Å². The predicted molar refractivity (Wildman–Crippen MR) is 90.6 cm³/mol. The van der Waals surface area contributed by atoms with Crippen molar-refractivity contribution < 1.29 is 4.79 Å². The number of nitrogens with zero attached hydrogens (tertiary/aromatic N) is 5. The van der Waals surface area contributed by atoms with Gasteiger partial charge in [-0.25, -0.2) is 4.52 Å². The van der Waals surface area contributed by atoms with E-state index >= 15 is 0 Å². The fourth-order valence-electron chi connectivity index (χ4n) is 3.06. The highest BCUT2D eigenvalue weighted by Crippen LogP contribution is 2.12. The monoisotopic (exact) mass is 321 g/mol. The molecule has 4 heterocycles. The van der Waals surface area contributed by atoms with Crippen molar-refractivity contribution in [1.29, 1.82) is 0 Å². The summed E-state index contributed by atoms with van der Waals surface area (Å²) in [6.07, 6.45) is 3.62. The smallest absolute Gasteiger partial charge is 0.272 e. The largest absolute Gasteiger partial charge is 0.335 e. The summed E-state index contributed by atoms with van der Waals surface area (Å²) in [7, 11) is 0. The maximum absolute atomic E-state index is 12.4. The molecule has 0 spiro atoms. The second-order valence-electron chi connectivity index (χ2n) is 5.99. The van der Waals surface area contributed by atoms with E-state index in [4.69, 9.17) is 0 Å². The molecule has 0 aromatic carbocycles. The Morgan fingerprint density at radius 3 is 2.62 bits per heavy atom. The lowest BCUT2D eigenvalue weighted by Crippen LogP contribution is -2.48. The summed E-state index contributed by atoms with van der Waals surface area (Å²) in [6, 6.07) is 13.6. The fraction of sp³-hybridized carbons (Fsp3) is 0.278. The van der Waals surface area contributed by atoms with Gasteiger partial charge in [0.05, 0.1) is 11.2 Å². The van der Waals surface area contributed by atoms with Crippen LogP contribution in [0, 0.1) is 0 Å². The summed E-state index contributed by atoms with van der Waals surface area (Å²) < 4.78 is 1.90. The molecule has 0 bridgehead atoms. The average molecular weight is 321 g/mol. The first kappa shape index (κ1) is 14.8. The summed E-state index contributed by atoms with van der Waals surface area (Å²) in [6.45, 7) is 3.97. The molecule has 1 saturated heterocycles. The Bertz CT molecular complexity index is 804. The molecule has 6 heteroatoms. The number of aromatic nitrogens is 3.